The van der Waals surface area contributed by atoms with Crippen molar-refractivity contribution in [1.29, 1.82) is 0 Å². The van der Waals surface area contributed by atoms with Crippen LogP contribution in [0.4, 0.5) is 0 Å². The van der Waals surface area contributed by atoms with Gasteiger partial charge in [0.25, 0.3) is 0 Å². The number of aromatic nitrogens is 1. The van der Waals surface area contributed by atoms with E-state index in [9.17, 15) is 14.4 Å². The second-order valence-electron chi connectivity index (χ2n) is 10.6. The summed E-state index contributed by atoms with van der Waals surface area (Å²) in [6.07, 6.45) is 4.20. The predicted molar refractivity (Wildman–Crippen MR) is 178 cm³/mol. The molecule has 1 amide bonds. The maximum atomic E-state index is 13.9. The number of carbonyl (C=O) groups is 3. The molecule has 0 saturated carbocycles. The fourth-order valence-corrected chi connectivity index (χ4v) is 5.80. The van der Waals surface area contributed by atoms with E-state index in [1.54, 1.807) is 24.5 Å². The van der Waals surface area contributed by atoms with Gasteiger partial charge in [-0.15, -0.1) is 0 Å². The number of nitrogens with zero attached hydrogens (tertiary/aromatic N) is 1. The van der Waals surface area contributed by atoms with Gasteiger partial charge in [0.2, 0.25) is 11.0 Å². The molecule has 6 nitrogen and oxygen atoms in total. The summed E-state index contributed by atoms with van der Waals surface area (Å²) in [7, 11) is 0. The summed E-state index contributed by atoms with van der Waals surface area (Å²) in [6.45, 7) is 0.0981. The van der Waals surface area contributed by atoms with Gasteiger partial charge in [-0.3, -0.25) is 14.6 Å². The molecule has 45 heavy (non-hydrogen) atoms. The highest BCUT2D eigenvalue weighted by Crippen LogP contribution is 2.22. The van der Waals surface area contributed by atoms with E-state index in [1.165, 1.54) is 0 Å². The number of amides is 1. The van der Waals surface area contributed by atoms with Crippen molar-refractivity contribution in [2.45, 2.75) is 25.5 Å². The average Bonchev–Trinajstić information content (AvgIpc) is 3.10. The van der Waals surface area contributed by atoms with Crippen molar-refractivity contribution in [2.24, 2.45) is 5.92 Å². The zero-order chi connectivity index (χ0) is 31.3. The Morgan fingerprint density at radius 1 is 0.667 bits per heavy atom. The monoisotopic (exact) mass is 614 g/mol. The predicted octanol–water partition coefficient (Wildman–Crippen LogP) is 6.95. The van der Waals surface area contributed by atoms with E-state index in [-0.39, 0.29) is 29.8 Å². The zero-order valence-electron chi connectivity index (χ0n) is 24.8. The molecule has 0 aliphatic heterocycles. The van der Waals surface area contributed by atoms with E-state index in [0.29, 0.717) is 12.0 Å². The Morgan fingerprint density at radius 3 is 1.93 bits per heavy atom. The molecule has 5 rings (SSSR count). The molecule has 1 N–H and O–H groups in total. The lowest BCUT2D eigenvalue weighted by atomic mass is 9.98. The van der Waals surface area contributed by atoms with Crippen molar-refractivity contribution in [3.8, 4) is 11.1 Å². The number of hydrogen-bond donors (Lipinski definition) is 1. The van der Waals surface area contributed by atoms with Crippen LogP contribution in [0.3, 0.4) is 0 Å². The number of nitrogens with one attached hydrogen (secondary N) is 1. The van der Waals surface area contributed by atoms with Gasteiger partial charge in [-0.2, -0.15) is 0 Å². The van der Waals surface area contributed by atoms with E-state index in [2.05, 4.69) is 10.3 Å². The average molecular weight is 615 g/mol. The number of esters is 1. The Kier molecular flexibility index (Phi) is 11.3. The van der Waals surface area contributed by atoms with Crippen LogP contribution in [0.15, 0.2) is 140 Å². The highest BCUT2D eigenvalue weighted by atomic mass is 32.2. The summed E-state index contributed by atoms with van der Waals surface area (Å²) < 4.78 is 5.69. The van der Waals surface area contributed by atoms with Crippen LogP contribution < -0.4 is 5.32 Å². The second-order valence-corrected chi connectivity index (χ2v) is 11.6. The standard InChI is InChI=1S/C38H34N2O4S/c41-36(34(23-28-11-4-1-5-12-28)27-45-38(43)32-15-8-3-9-16-32)40-35(37(42)44-26-30-13-6-2-7-14-30)24-29-18-20-31(21-19-29)33-17-10-22-39-25-33/h1-22,25,34-35H,23-24,26-27H2,(H,40,41)/t34?,35-/m0/s1. The maximum absolute atomic E-state index is 13.9. The van der Waals surface area contributed by atoms with Crippen molar-refractivity contribution in [2.75, 3.05) is 5.75 Å². The molecule has 4 aromatic carbocycles. The number of pyridine rings is 1. The molecule has 0 spiro atoms. The van der Waals surface area contributed by atoms with Crippen LogP contribution in [0.5, 0.6) is 0 Å². The number of thioether (sulfide) groups is 1. The third-order valence-corrected chi connectivity index (χ3v) is 8.40. The Bertz CT molecular complexity index is 1670. The Morgan fingerprint density at radius 2 is 1.29 bits per heavy atom. The number of hydrogen-bond acceptors (Lipinski definition) is 6. The topological polar surface area (TPSA) is 85.4 Å². The summed E-state index contributed by atoms with van der Waals surface area (Å²) in [4.78, 5) is 44.4. The van der Waals surface area contributed by atoms with Crippen molar-refractivity contribution in [3.05, 3.63) is 162 Å². The van der Waals surface area contributed by atoms with Gasteiger partial charge in [0.05, 0.1) is 5.92 Å². The van der Waals surface area contributed by atoms with Gasteiger partial charge < -0.3 is 10.1 Å². The molecule has 7 heteroatoms. The first-order chi connectivity index (χ1) is 22.0. The molecule has 0 aliphatic rings. The van der Waals surface area contributed by atoms with E-state index >= 15 is 0 Å². The van der Waals surface area contributed by atoms with Crippen LogP contribution in [-0.2, 0) is 33.8 Å². The van der Waals surface area contributed by atoms with E-state index in [1.807, 2.05) is 115 Å². The minimum absolute atomic E-state index is 0.0981. The fourth-order valence-electron chi connectivity index (χ4n) is 4.87. The lowest BCUT2D eigenvalue weighted by molar-refractivity contribution is -0.149. The molecule has 0 bridgehead atoms. The Labute approximate surface area is 267 Å². The fraction of sp³-hybridized carbons (Fsp3) is 0.158. The summed E-state index contributed by atoms with van der Waals surface area (Å²) in [6, 6.07) is 38.9. The third-order valence-electron chi connectivity index (χ3n) is 7.33. The molecule has 1 unspecified atom stereocenters. The van der Waals surface area contributed by atoms with Gasteiger partial charge in [0, 0.05) is 30.1 Å². The second kappa shape index (κ2) is 16.2. The van der Waals surface area contributed by atoms with Crippen molar-refractivity contribution < 1.29 is 19.1 Å². The lowest BCUT2D eigenvalue weighted by Gasteiger charge is -2.22. The van der Waals surface area contributed by atoms with Gasteiger partial charge in [0.1, 0.15) is 12.6 Å². The normalized spacial score (nSPS) is 12.1. The summed E-state index contributed by atoms with van der Waals surface area (Å²) >= 11 is 1.11. The molecule has 1 heterocycles. The molecule has 0 fully saturated rings. The van der Waals surface area contributed by atoms with Gasteiger partial charge in [0.15, 0.2) is 0 Å². The maximum Gasteiger partial charge on any atom is 0.329 e. The van der Waals surface area contributed by atoms with E-state index in [0.717, 1.165) is 39.6 Å². The summed E-state index contributed by atoms with van der Waals surface area (Å²) in [5.74, 6) is -1.11. The van der Waals surface area contributed by atoms with Crippen LogP contribution in [-0.4, -0.2) is 33.8 Å². The quantitative estimate of drug-likeness (QED) is 0.145. The van der Waals surface area contributed by atoms with Crippen LogP contribution in [0.2, 0.25) is 0 Å². The van der Waals surface area contributed by atoms with E-state index in [4.69, 9.17) is 4.74 Å². The van der Waals surface area contributed by atoms with Gasteiger partial charge in [-0.05, 0) is 40.3 Å². The smallest absolute Gasteiger partial charge is 0.329 e. The summed E-state index contributed by atoms with van der Waals surface area (Å²) in [5.41, 5.74) is 5.27. The van der Waals surface area contributed by atoms with Crippen molar-refractivity contribution >= 4 is 28.8 Å². The Balaban J connectivity index is 1.33. The lowest BCUT2D eigenvalue weighted by Crippen LogP contribution is -2.46. The van der Waals surface area contributed by atoms with Crippen LogP contribution in [0.25, 0.3) is 11.1 Å². The molecular formula is C38H34N2O4S. The number of ether oxygens (including phenoxy) is 1. The first-order valence-electron chi connectivity index (χ1n) is 14.8. The van der Waals surface area contributed by atoms with Gasteiger partial charge in [-0.25, -0.2) is 4.79 Å². The minimum Gasteiger partial charge on any atom is -0.459 e. The van der Waals surface area contributed by atoms with Crippen molar-refractivity contribution in [1.82, 2.24) is 10.3 Å². The van der Waals surface area contributed by atoms with Crippen LogP contribution >= 0.6 is 11.8 Å². The molecule has 2 atom stereocenters. The molecule has 226 valence electrons. The van der Waals surface area contributed by atoms with E-state index < -0.39 is 17.9 Å². The molecule has 1 aromatic heterocycles. The first-order valence-corrected chi connectivity index (χ1v) is 15.8. The highest BCUT2D eigenvalue weighted by molar-refractivity contribution is 8.14. The van der Waals surface area contributed by atoms with Crippen LogP contribution in [0, 0.1) is 5.92 Å². The largest absolute Gasteiger partial charge is 0.459 e. The Hall–Kier alpha value is -5.01. The number of rotatable bonds is 13. The molecule has 0 saturated heterocycles. The highest BCUT2D eigenvalue weighted by Gasteiger charge is 2.28. The molecule has 0 aliphatic carbocycles. The molecule has 5 aromatic rings. The molecular weight excluding hydrogens is 580 g/mol. The minimum atomic E-state index is -0.918. The van der Waals surface area contributed by atoms with Gasteiger partial charge in [-0.1, -0.05) is 133 Å². The SMILES string of the molecule is O=C(SCC(Cc1ccccc1)C(=O)N[C@@H](Cc1ccc(-c2cccnc2)cc1)C(=O)OCc1ccccc1)c1ccccc1. The first kappa shape index (κ1) is 31.4. The molecule has 0 radical (unpaired) electrons. The third kappa shape index (κ3) is 9.49. The van der Waals surface area contributed by atoms with Crippen molar-refractivity contribution in [3.63, 3.8) is 0 Å². The van der Waals surface area contributed by atoms with Crippen LogP contribution in [0.1, 0.15) is 27.0 Å². The van der Waals surface area contributed by atoms with Gasteiger partial charge >= 0.3 is 5.97 Å². The number of benzene rings is 4. The summed E-state index contributed by atoms with van der Waals surface area (Å²) in [5, 5.41) is 2.88. The number of carbonyl (C=O) groups excluding carboxylic acids is 3. The zero-order valence-corrected chi connectivity index (χ0v) is 25.6.